The second-order valence-corrected chi connectivity index (χ2v) is 7.22. The maximum Gasteiger partial charge on any atom is 0.321 e. The molecule has 0 aliphatic carbocycles. The predicted molar refractivity (Wildman–Crippen MR) is 83.2 cm³/mol. The van der Waals surface area contributed by atoms with E-state index in [1.165, 1.54) is 18.2 Å². The van der Waals surface area contributed by atoms with Gasteiger partial charge >= 0.3 is 6.03 Å². The maximum absolute atomic E-state index is 12.2. The number of likely N-dealkylation sites (tertiary alicyclic amines) is 1. The molecule has 0 spiro atoms. The van der Waals surface area contributed by atoms with Gasteiger partial charge in [-0.3, -0.25) is 0 Å². The lowest BCUT2D eigenvalue weighted by atomic mass is 9.99. The van der Waals surface area contributed by atoms with Gasteiger partial charge in [0.25, 0.3) is 0 Å². The van der Waals surface area contributed by atoms with Crippen LogP contribution in [0, 0.1) is 5.92 Å². The number of sulfonamides is 1. The van der Waals surface area contributed by atoms with Gasteiger partial charge in [0, 0.05) is 19.7 Å². The Hall–Kier alpha value is -1.35. The summed E-state index contributed by atoms with van der Waals surface area (Å²) in [7, 11) is -3.87. The molecule has 4 N–H and O–H groups in total. The molecule has 1 aromatic rings. The highest BCUT2D eigenvalue weighted by molar-refractivity contribution is 7.89. The van der Waals surface area contributed by atoms with Gasteiger partial charge in [0.05, 0.1) is 15.6 Å². The van der Waals surface area contributed by atoms with Crippen LogP contribution in [-0.4, -0.2) is 44.2 Å². The van der Waals surface area contributed by atoms with Crippen LogP contribution in [0.5, 0.6) is 0 Å². The number of urea groups is 1. The Morgan fingerprint density at radius 2 is 2.23 bits per heavy atom. The zero-order valence-corrected chi connectivity index (χ0v) is 13.4. The largest absolute Gasteiger partial charge is 0.396 e. The van der Waals surface area contributed by atoms with E-state index in [0.717, 1.165) is 12.8 Å². The fourth-order valence-electron chi connectivity index (χ4n) is 2.37. The van der Waals surface area contributed by atoms with E-state index in [-0.39, 0.29) is 34.2 Å². The number of benzene rings is 1. The van der Waals surface area contributed by atoms with E-state index in [9.17, 15) is 18.3 Å². The number of hydrogen-bond donors (Lipinski definition) is 3. The number of aliphatic hydroxyl groups is 1. The molecule has 0 radical (unpaired) electrons. The molecule has 1 heterocycles. The van der Waals surface area contributed by atoms with Gasteiger partial charge in [-0.15, -0.1) is 0 Å². The van der Waals surface area contributed by atoms with Crippen molar-refractivity contribution in [3.8, 4) is 0 Å². The molecule has 1 aliphatic heterocycles. The molecular formula is C13H18ClN3O4S. The molecule has 22 heavy (non-hydrogen) atoms. The van der Waals surface area contributed by atoms with E-state index in [4.69, 9.17) is 16.7 Å². The van der Waals surface area contributed by atoms with Gasteiger partial charge in [0.1, 0.15) is 0 Å². The first-order valence-corrected chi connectivity index (χ1v) is 8.73. The zero-order valence-electron chi connectivity index (χ0n) is 11.8. The number of nitrogens with two attached hydrogens (primary N) is 1. The van der Waals surface area contributed by atoms with Crippen molar-refractivity contribution in [2.24, 2.45) is 11.1 Å². The van der Waals surface area contributed by atoms with Crippen LogP contribution in [0.2, 0.25) is 5.02 Å². The first-order valence-electron chi connectivity index (χ1n) is 6.80. The lowest BCUT2D eigenvalue weighted by Gasteiger charge is -2.31. The molecule has 0 saturated carbocycles. The molecule has 2 rings (SSSR count). The standard InChI is InChI=1S/C13H18ClN3O4S/c14-11-4-3-10(22(15,20)21)6-12(11)16-13(19)17-5-1-2-9(7-17)8-18/h3-4,6,9,18H,1-2,5,7-8H2,(H,16,19)(H2,15,20,21)/t9-/m0/s1. The number of halogens is 1. The lowest BCUT2D eigenvalue weighted by molar-refractivity contribution is 0.136. The Bertz CT molecular complexity index is 665. The van der Waals surface area contributed by atoms with Gasteiger partial charge in [-0.2, -0.15) is 0 Å². The Morgan fingerprint density at radius 1 is 1.50 bits per heavy atom. The monoisotopic (exact) mass is 347 g/mol. The van der Waals surface area contributed by atoms with Crippen LogP contribution in [0.15, 0.2) is 23.1 Å². The summed E-state index contributed by atoms with van der Waals surface area (Å²) in [6, 6.07) is 3.48. The van der Waals surface area contributed by atoms with Crippen molar-refractivity contribution in [1.82, 2.24) is 4.90 Å². The molecular weight excluding hydrogens is 330 g/mol. The number of nitrogens with zero attached hydrogens (tertiary/aromatic N) is 1. The molecule has 1 aromatic carbocycles. The number of piperidine rings is 1. The molecule has 1 fully saturated rings. The van der Waals surface area contributed by atoms with Gasteiger partial charge in [-0.05, 0) is 37.0 Å². The summed E-state index contributed by atoms with van der Waals surface area (Å²) < 4.78 is 22.7. The molecule has 0 unspecified atom stereocenters. The number of carbonyl (C=O) groups excluding carboxylic acids is 1. The van der Waals surface area contributed by atoms with Crippen molar-refractivity contribution in [3.05, 3.63) is 23.2 Å². The number of rotatable bonds is 3. The van der Waals surface area contributed by atoms with E-state index in [0.29, 0.717) is 13.1 Å². The quantitative estimate of drug-likeness (QED) is 0.763. The summed E-state index contributed by atoms with van der Waals surface area (Å²) in [5.41, 5.74) is 0.185. The van der Waals surface area contributed by atoms with Crippen molar-refractivity contribution in [2.45, 2.75) is 17.7 Å². The minimum absolute atomic E-state index is 0.0332. The number of aliphatic hydroxyl groups excluding tert-OH is 1. The minimum atomic E-state index is -3.87. The van der Waals surface area contributed by atoms with Crippen molar-refractivity contribution in [1.29, 1.82) is 0 Å². The molecule has 7 nitrogen and oxygen atoms in total. The molecule has 2 amide bonds. The summed E-state index contributed by atoms with van der Waals surface area (Å²) in [6.07, 6.45) is 1.69. The van der Waals surface area contributed by atoms with Crippen molar-refractivity contribution in [2.75, 3.05) is 25.0 Å². The summed E-state index contributed by atoms with van der Waals surface area (Å²) >= 11 is 5.98. The second-order valence-electron chi connectivity index (χ2n) is 5.25. The summed E-state index contributed by atoms with van der Waals surface area (Å²) in [5, 5.41) is 17.1. The van der Waals surface area contributed by atoms with Crippen LogP contribution in [-0.2, 0) is 10.0 Å². The third-order valence-electron chi connectivity index (χ3n) is 3.57. The second kappa shape index (κ2) is 6.82. The number of primary sulfonamides is 1. The van der Waals surface area contributed by atoms with E-state index in [1.54, 1.807) is 4.90 Å². The van der Waals surface area contributed by atoms with Crippen LogP contribution in [0.25, 0.3) is 0 Å². The van der Waals surface area contributed by atoms with Crippen LogP contribution in [0.1, 0.15) is 12.8 Å². The Kier molecular flexibility index (Phi) is 5.28. The fourth-order valence-corrected chi connectivity index (χ4v) is 3.07. The van der Waals surface area contributed by atoms with Gasteiger partial charge in [-0.1, -0.05) is 11.6 Å². The minimum Gasteiger partial charge on any atom is -0.396 e. The molecule has 1 aliphatic rings. The first kappa shape index (κ1) is 17.0. The summed E-state index contributed by atoms with van der Waals surface area (Å²) in [6.45, 7) is 1.06. The van der Waals surface area contributed by atoms with E-state index < -0.39 is 10.0 Å². The van der Waals surface area contributed by atoms with Crippen molar-refractivity contribution < 1.29 is 18.3 Å². The van der Waals surface area contributed by atoms with E-state index in [2.05, 4.69) is 5.32 Å². The fraction of sp³-hybridized carbons (Fsp3) is 0.462. The molecule has 122 valence electrons. The number of hydrogen-bond acceptors (Lipinski definition) is 4. The lowest BCUT2D eigenvalue weighted by Crippen LogP contribution is -2.43. The van der Waals surface area contributed by atoms with Gasteiger partial charge in [-0.25, -0.2) is 18.4 Å². The van der Waals surface area contributed by atoms with E-state index >= 15 is 0 Å². The SMILES string of the molecule is NS(=O)(=O)c1ccc(Cl)c(NC(=O)N2CCC[C@H](CO)C2)c1. The third-order valence-corrected chi connectivity index (χ3v) is 4.81. The normalized spacial score (nSPS) is 19.0. The molecule has 0 bridgehead atoms. The molecule has 9 heteroatoms. The zero-order chi connectivity index (χ0) is 16.3. The average Bonchev–Trinajstić information content (AvgIpc) is 2.48. The van der Waals surface area contributed by atoms with Gasteiger partial charge in [0.2, 0.25) is 10.0 Å². The smallest absolute Gasteiger partial charge is 0.321 e. The first-order chi connectivity index (χ1) is 10.3. The molecule has 1 saturated heterocycles. The Labute approximate surface area is 134 Å². The topological polar surface area (TPSA) is 113 Å². The highest BCUT2D eigenvalue weighted by Crippen LogP contribution is 2.26. The van der Waals surface area contributed by atoms with Crippen LogP contribution >= 0.6 is 11.6 Å². The van der Waals surface area contributed by atoms with Crippen molar-refractivity contribution >= 4 is 33.3 Å². The number of anilines is 1. The van der Waals surface area contributed by atoms with Crippen molar-refractivity contribution in [3.63, 3.8) is 0 Å². The highest BCUT2D eigenvalue weighted by atomic mass is 35.5. The van der Waals surface area contributed by atoms with Gasteiger partial charge in [0.15, 0.2) is 0 Å². The number of amides is 2. The van der Waals surface area contributed by atoms with Crippen LogP contribution < -0.4 is 10.5 Å². The van der Waals surface area contributed by atoms with E-state index in [1.807, 2.05) is 0 Å². The van der Waals surface area contributed by atoms with Crippen LogP contribution in [0.4, 0.5) is 10.5 Å². The van der Waals surface area contributed by atoms with Crippen LogP contribution in [0.3, 0.4) is 0 Å². The summed E-state index contributed by atoms with van der Waals surface area (Å²) in [4.78, 5) is 13.7. The summed E-state index contributed by atoms with van der Waals surface area (Å²) in [5.74, 6) is 0.0609. The number of nitrogens with one attached hydrogen (secondary N) is 1. The Balaban J connectivity index is 2.14. The highest BCUT2D eigenvalue weighted by Gasteiger charge is 2.24. The van der Waals surface area contributed by atoms with Gasteiger partial charge < -0.3 is 15.3 Å². The molecule has 0 aromatic heterocycles. The predicted octanol–water partition coefficient (Wildman–Crippen LogP) is 1.22. The molecule has 1 atom stereocenters. The number of carbonyl (C=O) groups is 1. The maximum atomic E-state index is 12.2. The average molecular weight is 348 g/mol. The Morgan fingerprint density at radius 3 is 2.86 bits per heavy atom. The third kappa shape index (κ3) is 4.10.